The Morgan fingerprint density at radius 1 is 1.28 bits per heavy atom. The van der Waals surface area contributed by atoms with Gasteiger partial charge in [-0.1, -0.05) is 48.8 Å². The summed E-state index contributed by atoms with van der Waals surface area (Å²) in [4.78, 5) is 11.9. The Morgan fingerprint density at radius 3 is 2.76 bits per heavy atom. The Labute approximate surface area is 170 Å². The van der Waals surface area contributed by atoms with E-state index in [1.807, 2.05) is 30.5 Å². The molecule has 0 amide bonds. The zero-order valence-electron chi connectivity index (χ0n) is 14.5. The van der Waals surface area contributed by atoms with E-state index in [1.54, 1.807) is 18.1 Å². The summed E-state index contributed by atoms with van der Waals surface area (Å²) in [5, 5.41) is 5.25. The number of aryl methyl sites for hydroxylation is 1. The van der Waals surface area contributed by atoms with E-state index in [0.29, 0.717) is 6.54 Å². The number of aromatic nitrogens is 2. The maximum atomic E-state index is 5.93. The van der Waals surface area contributed by atoms with Gasteiger partial charge in [0, 0.05) is 29.2 Å². The van der Waals surface area contributed by atoms with E-state index in [4.69, 9.17) is 16.6 Å². The highest BCUT2D eigenvalue weighted by molar-refractivity contribution is 8.93. The molecule has 0 unspecified atom stereocenters. The van der Waals surface area contributed by atoms with E-state index in [2.05, 4.69) is 22.2 Å². The summed E-state index contributed by atoms with van der Waals surface area (Å²) in [5.74, 6) is 1.04. The van der Waals surface area contributed by atoms with Crippen molar-refractivity contribution in [2.24, 2.45) is 4.99 Å². The number of hydrogen-bond donors (Lipinski definition) is 2. The molecule has 2 rings (SSSR count). The summed E-state index contributed by atoms with van der Waals surface area (Å²) in [6, 6.07) is 7.87. The minimum atomic E-state index is 0. The molecule has 0 saturated carbocycles. The van der Waals surface area contributed by atoms with Crippen molar-refractivity contribution in [2.45, 2.75) is 39.2 Å². The minimum absolute atomic E-state index is 0. The molecule has 0 radical (unpaired) electrons. The maximum absolute atomic E-state index is 5.93. The lowest BCUT2D eigenvalue weighted by molar-refractivity contribution is 0.756. The van der Waals surface area contributed by atoms with Gasteiger partial charge in [0.1, 0.15) is 0 Å². The number of imidazole rings is 1. The zero-order valence-corrected chi connectivity index (χ0v) is 17.8. The summed E-state index contributed by atoms with van der Waals surface area (Å²) in [6.07, 6.45) is 8.08. The quantitative estimate of drug-likeness (QED) is 0.315. The molecule has 0 aliphatic carbocycles. The molecule has 25 heavy (non-hydrogen) atoms. The van der Waals surface area contributed by atoms with Crippen LogP contribution in [0.2, 0.25) is 5.02 Å². The van der Waals surface area contributed by atoms with Crippen LogP contribution < -0.4 is 5.32 Å². The van der Waals surface area contributed by atoms with Gasteiger partial charge in [0.05, 0.1) is 12.9 Å². The topological polar surface area (TPSA) is 53.1 Å². The van der Waals surface area contributed by atoms with Crippen molar-refractivity contribution in [3.63, 3.8) is 0 Å². The maximum Gasteiger partial charge on any atom is 0.156 e. The smallest absolute Gasteiger partial charge is 0.156 e. The van der Waals surface area contributed by atoms with Crippen molar-refractivity contribution >= 4 is 45.5 Å². The van der Waals surface area contributed by atoms with Crippen molar-refractivity contribution in [1.82, 2.24) is 15.3 Å². The monoisotopic (exact) mass is 444 g/mol. The molecule has 2 aromatic rings. The number of hydrogen-bond acceptors (Lipinski definition) is 3. The molecule has 0 spiro atoms. The Kier molecular flexibility index (Phi) is 11.7. The number of unbranched alkanes of at least 4 members (excludes halogenated alkanes) is 1. The standard InChI is InChI=1S/C18H25ClN4S.BrH/c1-2-3-10-21-18(22-12-15-6-8-16(19)9-7-15)24-11-4-5-17-13-20-14-23-17;/h6-9,13-14H,2-5,10-12H2,1H3,(H,20,23)(H,21,22);1H. The summed E-state index contributed by atoms with van der Waals surface area (Å²) < 4.78 is 0. The molecular formula is C18H26BrClN4S. The van der Waals surface area contributed by atoms with E-state index in [1.165, 1.54) is 17.7 Å². The first-order valence-corrected chi connectivity index (χ1v) is 9.77. The number of nitrogens with one attached hydrogen (secondary N) is 2. The lowest BCUT2D eigenvalue weighted by Gasteiger charge is -2.09. The molecule has 0 saturated heterocycles. The second kappa shape index (κ2) is 13.3. The third-order valence-corrected chi connectivity index (χ3v) is 4.80. The van der Waals surface area contributed by atoms with Gasteiger partial charge in [0.15, 0.2) is 5.17 Å². The largest absolute Gasteiger partial charge is 0.365 e. The number of amidine groups is 1. The Morgan fingerprint density at radius 2 is 2.08 bits per heavy atom. The van der Waals surface area contributed by atoms with E-state index < -0.39 is 0 Å². The lowest BCUT2D eigenvalue weighted by Crippen LogP contribution is -2.22. The predicted octanol–water partition coefficient (Wildman–Crippen LogP) is 5.25. The highest BCUT2D eigenvalue weighted by Crippen LogP contribution is 2.12. The van der Waals surface area contributed by atoms with Gasteiger partial charge in [-0.25, -0.2) is 4.98 Å². The van der Waals surface area contributed by atoms with Gasteiger partial charge in [-0.3, -0.25) is 4.99 Å². The molecular weight excluding hydrogens is 420 g/mol. The second-order valence-corrected chi connectivity index (χ2v) is 7.08. The molecule has 4 nitrogen and oxygen atoms in total. The van der Waals surface area contributed by atoms with Crippen LogP contribution in [-0.2, 0) is 13.0 Å². The molecule has 0 aliphatic heterocycles. The van der Waals surface area contributed by atoms with Crippen molar-refractivity contribution in [3.8, 4) is 0 Å². The highest BCUT2D eigenvalue weighted by atomic mass is 79.9. The van der Waals surface area contributed by atoms with Gasteiger partial charge in [-0.2, -0.15) is 0 Å². The number of aromatic amines is 1. The molecule has 0 atom stereocenters. The number of benzene rings is 1. The van der Waals surface area contributed by atoms with E-state index >= 15 is 0 Å². The summed E-state index contributed by atoms with van der Waals surface area (Å²) in [5.41, 5.74) is 2.36. The van der Waals surface area contributed by atoms with Gasteiger partial charge >= 0.3 is 0 Å². The Hall–Kier alpha value is -0.980. The zero-order chi connectivity index (χ0) is 17.0. The number of halogens is 2. The molecule has 0 aliphatic rings. The number of aliphatic imine (C=N–C) groups is 1. The average Bonchev–Trinajstić information content (AvgIpc) is 3.11. The van der Waals surface area contributed by atoms with Crippen LogP contribution in [0.25, 0.3) is 0 Å². The van der Waals surface area contributed by atoms with E-state index in [9.17, 15) is 0 Å². The Balaban J connectivity index is 0.00000312. The number of thioether (sulfide) groups is 1. The van der Waals surface area contributed by atoms with Gasteiger partial charge in [-0.15, -0.1) is 17.0 Å². The van der Waals surface area contributed by atoms with Crippen molar-refractivity contribution in [1.29, 1.82) is 0 Å². The molecule has 7 heteroatoms. The summed E-state index contributed by atoms with van der Waals surface area (Å²) >= 11 is 7.72. The van der Waals surface area contributed by atoms with Gasteiger partial charge in [0.25, 0.3) is 0 Å². The van der Waals surface area contributed by atoms with Crippen LogP contribution in [0.4, 0.5) is 0 Å². The van der Waals surface area contributed by atoms with E-state index in [0.717, 1.165) is 41.8 Å². The summed E-state index contributed by atoms with van der Waals surface area (Å²) in [6.45, 7) is 3.85. The molecule has 1 aromatic carbocycles. The van der Waals surface area contributed by atoms with Crippen LogP contribution in [0.5, 0.6) is 0 Å². The first-order chi connectivity index (χ1) is 11.8. The van der Waals surface area contributed by atoms with Gasteiger partial charge in [-0.05, 0) is 37.0 Å². The third-order valence-electron chi connectivity index (χ3n) is 3.51. The minimum Gasteiger partial charge on any atom is -0.365 e. The fourth-order valence-corrected chi connectivity index (χ4v) is 3.10. The van der Waals surface area contributed by atoms with Crippen LogP contribution in [0.1, 0.15) is 37.4 Å². The van der Waals surface area contributed by atoms with Crippen LogP contribution in [0, 0.1) is 0 Å². The molecule has 138 valence electrons. The molecule has 2 N–H and O–H groups in total. The predicted molar refractivity (Wildman–Crippen MR) is 115 cm³/mol. The van der Waals surface area contributed by atoms with Crippen LogP contribution in [0.3, 0.4) is 0 Å². The van der Waals surface area contributed by atoms with Crippen molar-refractivity contribution < 1.29 is 0 Å². The molecule has 0 fully saturated rings. The third kappa shape index (κ3) is 9.33. The normalized spacial score (nSPS) is 11.2. The lowest BCUT2D eigenvalue weighted by atomic mass is 10.2. The second-order valence-electron chi connectivity index (χ2n) is 5.56. The highest BCUT2D eigenvalue weighted by Gasteiger charge is 2.02. The van der Waals surface area contributed by atoms with Crippen LogP contribution in [-0.4, -0.2) is 27.4 Å². The number of nitrogens with zero attached hydrogens (tertiary/aromatic N) is 2. The SMILES string of the molecule is Br.CCCCNC(=NCc1ccc(Cl)cc1)SCCCc1cnc[nH]1. The van der Waals surface area contributed by atoms with E-state index in [-0.39, 0.29) is 17.0 Å². The fraction of sp³-hybridized carbons (Fsp3) is 0.444. The van der Waals surface area contributed by atoms with Gasteiger partial charge < -0.3 is 10.3 Å². The summed E-state index contributed by atoms with van der Waals surface area (Å²) in [7, 11) is 0. The van der Waals surface area contributed by atoms with Crippen LogP contribution in [0.15, 0.2) is 41.8 Å². The fourth-order valence-electron chi connectivity index (χ4n) is 2.13. The Bertz CT molecular complexity index is 602. The first-order valence-electron chi connectivity index (χ1n) is 8.40. The number of H-pyrrole nitrogens is 1. The molecule has 1 aromatic heterocycles. The average molecular weight is 446 g/mol. The van der Waals surface area contributed by atoms with Crippen LogP contribution >= 0.6 is 40.3 Å². The van der Waals surface area contributed by atoms with Gasteiger partial charge in [0.2, 0.25) is 0 Å². The van der Waals surface area contributed by atoms with Crippen molar-refractivity contribution in [2.75, 3.05) is 12.3 Å². The molecule has 0 bridgehead atoms. The molecule has 1 heterocycles. The van der Waals surface area contributed by atoms with Crippen molar-refractivity contribution in [3.05, 3.63) is 53.1 Å². The first kappa shape index (κ1) is 22.1. The number of rotatable bonds is 9.